The molecule has 0 aliphatic carbocycles. The van der Waals surface area contributed by atoms with E-state index in [2.05, 4.69) is 34.6 Å². The maximum atomic E-state index is 2.50. The first-order chi connectivity index (χ1) is 15.6. The third-order valence-corrected chi connectivity index (χ3v) is 7.89. The zero-order chi connectivity index (χ0) is 23.7. The third kappa shape index (κ3) is 24.6. The summed E-state index contributed by atoms with van der Waals surface area (Å²) >= 11 is 0. The van der Waals surface area contributed by atoms with Crippen molar-refractivity contribution in [2.75, 3.05) is 0 Å². The average Bonchev–Trinajstić information content (AvgIpc) is 2.78. The molecule has 0 bridgehead atoms. The molecule has 3 unspecified atom stereocenters. The lowest BCUT2D eigenvalue weighted by Crippen LogP contribution is -1.99. The van der Waals surface area contributed by atoms with Gasteiger partial charge in [-0.2, -0.15) is 0 Å². The van der Waals surface area contributed by atoms with Crippen molar-refractivity contribution in [3.05, 3.63) is 0 Å². The molecule has 0 amide bonds. The van der Waals surface area contributed by atoms with E-state index in [-0.39, 0.29) is 0 Å². The fraction of sp³-hybridized carbons (Fsp3) is 1.00. The second-order valence-corrected chi connectivity index (χ2v) is 11.7. The molecule has 0 radical (unpaired) electrons. The maximum absolute atomic E-state index is 2.50. The van der Waals surface area contributed by atoms with Crippen molar-refractivity contribution in [2.45, 2.75) is 189 Å². The molecule has 0 N–H and O–H groups in total. The van der Waals surface area contributed by atoms with Gasteiger partial charge in [-0.15, -0.1) is 0 Å². The highest BCUT2D eigenvalue weighted by Gasteiger charge is 2.06. The Morgan fingerprint density at radius 2 is 0.531 bits per heavy atom. The van der Waals surface area contributed by atoms with E-state index in [1.54, 1.807) is 0 Å². The van der Waals surface area contributed by atoms with E-state index in [4.69, 9.17) is 0 Å². The van der Waals surface area contributed by atoms with E-state index in [0.717, 1.165) is 17.8 Å². The van der Waals surface area contributed by atoms with Gasteiger partial charge in [-0.3, -0.25) is 0 Å². The molecule has 194 valence electrons. The number of hydrogen-bond donors (Lipinski definition) is 0. The van der Waals surface area contributed by atoms with Gasteiger partial charge in [0.25, 0.3) is 0 Å². The topological polar surface area (TPSA) is 0 Å². The van der Waals surface area contributed by atoms with Crippen molar-refractivity contribution in [3.8, 4) is 0 Å². The van der Waals surface area contributed by atoms with Crippen LogP contribution in [0.15, 0.2) is 0 Å². The van der Waals surface area contributed by atoms with Crippen LogP contribution in [0.2, 0.25) is 0 Å². The lowest BCUT2D eigenvalue weighted by Gasteiger charge is -2.14. The second kappa shape index (κ2) is 25.6. The summed E-state index contributed by atoms with van der Waals surface area (Å²) in [6, 6.07) is 0. The molecule has 0 saturated heterocycles. The van der Waals surface area contributed by atoms with E-state index in [9.17, 15) is 0 Å². The SMILES string of the molecule is CCCCCCCCCCCCC(C)CCCC(C)CCCCCCCC(C)CCCC. The Morgan fingerprint density at radius 1 is 0.281 bits per heavy atom. The van der Waals surface area contributed by atoms with Crippen LogP contribution in [0.3, 0.4) is 0 Å². The van der Waals surface area contributed by atoms with Crippen LogP contribution in [-0.2, 0) is 0 Å². The minimum Gasteiger partial charge on any atom is -0.0654 e. The molecule has 0 saturated carbocycles. The first kappa shape index (κ1) is 32.0. The van der Waals surface area contributed by atoms with Crippen molar-refractivity contribution >= 4 is 0 Å². The summed E-state index contributed by atoms with van der Waals surface area (Å²) in [6.07, 6.45) is 35.1. The minimum atomic E-state index is 0.952. The Morgan fingerprint density at radius 3 is 0.875 bits per heavy atom. The summed E-state index contributed by atoms with van der Waals surface area (Å²) in [4.78, 5) is 0. The summed E-state index contributed by atoms with van der Waals surface area (Å²) in [7, 11) is 0. The minimum absolute atomic E-state index is 0.952. The standard InChI is InChI=1S/C32H66/c1-6-8-10-11-12-13-14-15-17-20-26-31(4)28-23-29-32(5)27-22-19-16-18-21-25-30(3)24-9-7-2/h30-32H,6-29H2,1-5H3. The van der Waals surface area contributed by atoms with Crippen LogP contribution in [0.1, 0.15) is 189 Å². The number of hydrogen-bond acceptors (Lipinski definition) is 0. The van der Waals surface area contributed by atoms with E-state index in [1.807, 2.05) is 0 Å². The zero-order valence-electron chi connectivity index (χ0n) is 23.7. The highest BCUT2D eigenvalue weighted by atomic mass is 14.1. The quantitative estimate of drug-likeness (QED) is 0.115. The molecule has 3 atom stereocenters. The molecule has 0 aromatic rings. The van der Waals surface area contributed by atoms with Gasteiger partial charge in [0.05, 0.1) is 0 Å². The van der Waals surface area contributed by atoms with Crippen LogP contribution in [0.25, 0.3) is 0 Å². The molecule has 0 aromatic heterocycles. The molecule has 0 fully saturated rings. The van der Waals surface area contributed by atoms with E-state index in [1.165, 1.54) is 154 Å². The lowest BCUT2D eigenvalue weighted by atomic mass is 9.92. The van der Waals surface area contributed by atoms with Crippen LogP contribution in [0.4, 0.5) is 0 Å². The number of rotatable bonds is 26. The summed E-state index contributed by atoms with van der Waals surface area (Å²) in [6.45, 7) is 12.1. The predicted octanol–water partition coefficient (Wildman–Crippen LogP) is 12.3. The predicted molar refractivity (Wildman–Crippen MR) is 150 cm³/mol. The van der Waals surface area contributed by atoms with E-state index >= 15 is 0 Å². The Bertz CT molecular complexity index is 333. The molecule has 0 heterocycles. The van der Waals surface area contributed by atoms with Crippen LogP contribution >= 0.6 is 0 Å². The molecule has 0 rings (SSSR count). The van der Waals surface area contributed by atoms with Gasteiger partial charge in [0.2, 0.25) is 0 Å². The van der Waals surface area contributed by atoms with Gasteiger partial charge in [-0.05, 0) is 17.8 Å². The molecular weight excluding hydrogens is 384 g/mol. The van der Waals surface area contributed by atoms with Crippen molar-refractivity contribution in [1.82, 2.24) is 0 Å². The van der Waals surface area contributed by atoms with E-state index < -0.39 is 0 Å². The Kier molecular flexibility index (Phi) is 25.6. The first-order valence-electron chi connectivity index (χ1n) is 15.6. The fourth-order valence-electron chi connectivity index (χ4n) is 5.30. The summed E-state index contributed by atoms with van der Waals surface area (Å²) in [5, 5.41) is 0. The van der Waals surface area contributed by atoms with Gasteiger partial charge >= 0.3 is 0 Å². The first-order valence-corrected chi connectivity index (χ1v) is 15.6. The van der Waals surface area contributed by atoms with Crippen LogP contribution in [-0.4, -0.2) is 0 Å². The van der Waals surface area contributed by atoms with Crippen molar-refractivity contribution in [2.24, 2.45) is 17.8 Å². The Hall–Kier alpha value is 0. The van der Waals surface area contributed by atoms with E-state index in [0.29, 0.717) is 0 Å². The second-order valence-electron chi connectivity index (χ2n) is 11.7. The largest absolute Gasteiger partial charge is 0.0654 e. The van der Waals surface area contributed by atoms with Gasteiger partial charge in [0.15, 0.2) is 0 Å². The zero-order valence-corrected chi connectivity index (χ0v) is 23.7. The van der Waals surface area contributed by atoms with Crippen molar-refractivity contribution < 1.29 is 0 Å². The molecular formula is C32H66. The van der Waals surface area contributed by atoms with Crippen LogP contribution in [0.5, 0.6) is 0 Å². The monoisotopic (exact) mass is 451 g/mol. The van der Waals surface area contributed by atoms with Gasteiger partial charge in [-0.1, -0.05) is 189 Å². The van der Waals surface area contributed by atoms with Gasteiger partial charge in [0.1, 0.15) is 0 Å². The summed E-state index contributed by atoms with van der Waals surface area (Å²) < 4.78 is 0. The smallest absolute Gasteiger partial charge is 0.0443 e. The highest BCUT2D eigenvalue weighted by Crippen LogP contribution is 2.22. The lowest BCUT2D eigenvalue weighted by molar-refractivity contribution is 0.389. The summed E-state index contributed by atoms with van der Waals surface area (Å²) in [5.74, 6) is 2.87. The average molecular weight is 451 g/mol. The fourth-order valence-corrected chi connectivity index (χ4v) is 5.30. The van der Waals surface area contributed by atoms with Crippen molar-refractivity contribution in [3.63, 3.8) is 0 Å². The molecule has 0 aliphatic rings. The van der Waals surface area contributed by atoms with Crippen LogP contribution < -0.4 is 0 Å². The molecule has 0 nitrogen and oxygen atoms in total. The molecule has 0 spiro atoms. The Labute approximate surface area is 206 Å². The van der Waals surface area contributed by atoms with Gasteiger partial charge in [0, 0.05) is 0 Å². The Balaban J connectivity index is 3.34. The highest BCUT2D eigenvalue weighted by molar-refractivity contribution is 4.60. The van der Waals surface area contributed by atoms with Gasteiger partial charge in [-0.25, -0.2) is 0 Å². The maximum Gasteiger partial charge on any atom is -0.0443 e. The van der Waals surface area contributed by atoms with Crippen molar-refractivity contribution in [1.29, 1.82) is 0 Å². The molecule has 32 heavy (non-hydrogen) atoms. The molecule has 0 aliphatic heterocycles. The van der Waals surface area contributed by atoms with Gasteiger partial charge < -0.3 is 0 Å². The third-order valence-electron chi connectivity index (χ3n) is 7.89. The molecule has 0 heteroatoms. The number of unbranched alkanes of at least 4 members (excludes halogenated alkanes) is 14. The van der Waals surface area contributed by atoms with Crippen LogP contribution in [0, 0.1) is 17.8 Å². The normalized spacial score (nSPS) is 14.5. The molecule has 0 aromatic carbocycles. The summed E-state index contributed by atoms with van der Waals surface area (Å²) in [5.41, 5.74) is 0.